The van der Waals surface area contributed by atoms with Crippen molar-refractivity contribution in [3.05, 3.63) is 24.3 Å². The summed E-state index contributed by atoms with van der Waals surface area (Å²) in [5.74, 6) is -0.0833. The molecule has 2 fully saturated rings. The fourth-order valence-electron chi connectivity index (χ4n) is 4.29. The predicted molar refractivity (Wildman–Crippen MR) is 124 cm³/mol. The van der Waals surface area contributed by atoms with E-state index in [-0.39, 0.29) is 36.8 Å². The Morgan fingerprint density at radius 1 is 1.09 bits per heavy atom. The summed E-state index contributed by atoms with van der Waals surface area (Å²) >= 11 is 0. The third kappa shape index (κ3) is 7.28. The minimum absolute atomic E-state index is 0.137. The van der Waals surface area contributed by atoms with Crippen molar-refractivity contribution in [3.8, 4) is 5.75 Å². The number of primary amides is 1. The number of hydrogen-bond donors (Lipinski definition) is 3. The number of nitrogens with zero attached hydrogens (tertiary/aromatic N) is 1. The van der Waals surface area contributed by atoms with Gasteiger partial charge in [0.15, 0.2) is 11.0 Å². The van der Waals surface area contributed by atoms with Crippen LogP contribution in [0.3, 0.4) is 0 Å². The van der Waals surface area contributed by atoms with Crippen molar-refractivity contribution in [3.63, 3.8) is 0 Å². The highest BCUT2D eigenvalue weighted by Gasteiger charge is 2.31. The van der Waals surface area contributed by atoms with E-state index in [4.69, 9.17) is 10.5 Å². The van der Waals surface area contributed by atoms with Gasteiger partial charge < -0.3 is 21.1 Å². The van der Waals surface area contributed by atoms with Gasteiger partial charge in [-0.2, -0.15) is 0 Å². The molecule has 3 atom stereocenters. The molecule has 32 heavy (non-hydrogen) atoms. The average molecular weight is 465 g/mol. The van der Waals surface area contributed by atoms with Gasteiger partial charge in [0.25, 0.3) is 0 Å². The van der Waals surface area contributed by atoms with Crippen LogP contribution < -0.4 is 21.1 Å². The van der Waals surface area contributed by atoms with Gasteiger partial charge in [-0.3, -0.25) is 13.9 Å². The highest BCUT2D eigenvalue weighted by molar-refractivity contribution is 7.83. The lowest BCUT2D eigenvalue weighted by molar-refractivity contribution is -0.129. The first kappa shape index (κ1) is 24.7. The first-order valence-corrected chi connectivity index (χ1v) is 12.7. The molecule has 2 unspecified atom stereocenters. The Hall–Kier alpha value is -1.97. The van der Waals surface area contributed by atoms with Crippen molar-refractivity contribution in [2.45, 2.75) is 68.9 Å². The van der Waals surface area contributed by atoms with E-state index in [0.717, 1.165) is 57.5 Å². The van der Waals surface area contributed by atoms with E-state index < -0.39 is 16.9 Å². The van der Waals surface area contributed by atoms with Crippen LogP contribution in [0.1, 0.15) is 51.9 Å². The lowest BCUT2D eigenvalue weighted by Crippen LogP contribution is -2.46. The average Bonchev–Trinajstić information content (AvgIpc) is 3.04. The Morgan fingerprint density at radius 3 is 2.50 bits per heavy atom. The molecule has 0 aromatic heterocycles. The zero-order chi connectivity index (χ0) is 22.9. The van der Waals surface area contributed by atoms with Crippen LogP contribution in [0, 0.1) is 5.92 Å². The highest BCUT2D eigenvalue weighted by Crippen LogP contribution is 2.24. The van der Waals surface area contributed by atoms with Crippen molar-refractivity contribution in [1.29, 1.82) is 0 Å². The number of hydrogen-bond acceptors (Lipinski definition) is 6. The summed E-state index contributed by atoms with van der Waals surface area (Å²) in [6.07, 6.45) is 5.20. The lowest BCUT2D eigenvalue weighted by atomic mass is 10.0. The summed E-state index contributed by atoms with van der Waals surface area (Å²) in [4.78, 5) is 25.0. The molecular formula is C23H36N4O4S. The molecular weight excluding hydrogens is 428 g/mol. The zero-order valence-electron chi connectivity index (χ0n) is 18.9. The van der Waals surface area contributed by atoms with Crippen LogP contribution >= 0.6 is 0 Å². The fraction of sp³-hybridized carbons (Fsp3) is 0.652. The maximum Gasteiger partial charge on any atom is 0.235 e. The molecule has 1 aromatic carbocycles. The standard InChI is InChI=1S/C23H36N4O4S/c1-17(14-22(24)28)15-23(29)27(18-4-2-3-11-26-16-18)32(30)21-7-5-19(6-8-21)31-20-9-12-25-13-10-20/h5-8,17-18,20,25-26H,2-4,9-16H2,1H3,(H2,24,28)/t17-,18?,32?/m0/s1. The first-order valence-electron chi connectivity index (χ1n) is 11.6. The zero-order valence-corrected chi connectivity index (χ0v) is 19.7. The van der Waals surface area contributed by atoms with Gasteiger partial charge in [-0.1, -0.05) is 13.3 Å². The second kappa shape index (κ2) is 12.3. The SMILES string of the molecule is C[C@@H](CC(N)=O)CC(=O)N(C1CCCCNC1)S(=O)c1ccc(OC2CCNCC2)cc1. The van der Waals surface area contributed by atoms with E-state index in [2.05, 4.69) is 10.6 Å². The summed E-state index contributed by atoms with van der Waals surface area (Å²) < 4.78 is 21.1. The van der Waals surface area contributed by atoms with Crippen molar-refractivity contribution >= 4 is 22.8 Å². The van der Waals surface area contributed by atoms with Gasteiger partial charge in [0.1, 0.15) is 11.9 Å². The Balaban J connectivity index is 1.72. The molecule has 0 bridgehead atoms. The molecule has 0 radical (unpaired) electrons. The quantitative estimate of drug-likeness (QED) is 0.513. The van der Waals surface area contributed by atoms with Gasteiger partial charge in [0.05, 0.1) is 10.9 Å². The Bertz CT molecular complexity index is 775. The summed E-state index contributed by atoms with van der Waals surface area (Å²) in [7, 11) is -1.64. The molecule has 2 heterocycles. The summed E-state index contributed by atoms with van der Waals surface area (Å²) in [6, 6.07) is 7.07. The van der Waals surface area contributed by atoms with E-state index in [0.29, 0.717) is 11.4 Å². The van der Waals surface area contributed by atoms with E-state index in [1.807, 2.05) is 19.1 Å². The van der Waals surface area contributed by atoms with E-state index in [1.165, 1.54) is 4.31 Å². The van der Waals surface area contributed by atoms with Gasteiger partial charge >= 0.3 is 0 Å². The fourth-order valence-corrected chi connectivity index (χ4v) is 5.60. The minimum Gasteiger partial charge on any atom is -0.490 e. The van der Waals surface area contributed by atoms with Crippen LogP contribution in [-0.2, 0) is 20.6 Å². The van der Waals surface area contributed by atoms with Gasteiger partial charge in [-0.25, -0.2) is 4.21 Å². The summed E-state index contributed by atoms with van der Waals surface area (Å²) in [6.45, 7) is 5.23. The predicted octanol–water partition coefficient (Wildman–Crippen LogP) is 1.71. The molecule has 2 aliphatic rings. The highest BCUT2D eigenvalue weighted by atomic mass is 32.2. The van der Waals surface area contributed by atoms with Crippen LogP contribution in [0.5, 0.6) is 5.75 Å². The molecule has 3 rings (SSSR count). The molecule has 2 saturated heterocycles. The van der Waals surface area contributed by atoms with Crippen LogP contribution in [0.2, 0.25) is 0 Å². The number of amides is 2. The van der Waals surface area contributed by atoms with Crippen LogP contribution in [0.4, 0.5) is 0 Å². The van der Waals surface area contributed by atoms with Crippen molar-refractivity contribution < 1.29 is 18.5 Å². The molecule has 2 amide bonds. The third-order valence-electron chi connectivity index (χ3n) is 5.96. The van der Waals surface area contributed by atoms with Gasteiger partial charge in [-0.05, 0) is 75.5 Å². The number of ether oxygens (including phenoxy) is 1. The topological polar surface area (TPSA) is 114 Å². The first-order chi connectivity index (χ1) is 15.4. The summed E-state index contributed by atoms with van der Waals surface area (Å²) in [5.41, 5.74) is 5.29. The van der Waals surface area contributed by atoms with E-state index in [1.54, 1.807) is 12.1 Å². The normalized spacial score (nSPS) is 21.8. The Kier molecular flexibility index (Phi) is 9.50. The number of nitrogens with one attached hydrogen (secondary N) is 2. The molecule has 0 saturated carbocycles. The molecule has 0 aliphatic carbocycles. The Morgan fingerprint density at radius 2 is 1.81 bits per heavy atom. The lowest BCUT2D eigenvalue weighted by Gasteiger charge is -2.30. The smallest absolute Gasteiger partial charge is 0.235 e. The molecule has 2 aliphatic heterocycles. The minimum atomic E-state index is -1.64. The largest absolute Gasteiger partial charge is 0.490 e. The second-order valence-corrected chi connectivity index (χ2v) is 10.2. The van der Waals surface area contributed by atoms with Gasteiger partial charge in [0, 0.05) is 19.4 Å². The van der Waals surface area contributed by atoms with Crippen LogP contribution in [-0.4, -0.2) is 58.7 Å². The molecule has 4 N–H and O–H groups in total. The van der Waals surface area contributed by atoms with Crippen molar-refractivity contribution in [1.82, 2.24) is 14.9 Å². The third-order valence-corrected chi connectivity index (χ3v) is 7.50. The van der Waals surface area contributed by atoms with E-state index >= 15 is 0 Å². The number of benzene rings is 1. The maximum atomic E-state index is 13.6. The second-order valence-electron chi connectivity index (χ2n) is 8.84. The molecule has 1 aromatic rings. The number of nitrogens with two attached hydrogens (primary N) is 1. The molecule has 0 spiro atoms. The van der Waals surface area contributed by atoms with Crippen LogP contribution in [0.25, 0.3) is 0 Å². The van der Waals surface area contributed by atoms with Gasteiger partial charge in [-0.15, -0.1) is 0 Å². The maximum absolute atomic E-state index is 13.6. The molecule has 178 valence electrons. The van der Waals surface area contributed by atoms with Crippen LogP contribution in [0.15, 0.2) is 29.2 Å². The van der Waals surface area contributed by atoms with Gasteiger partial charge in [0.2, 0.25) is 11.8 Å². The Labute approximate surface area is 193 Å². The number of piperidine rings is 1. The summed E-state index contributed by atoms with van der Waals surface area (Å²) in [5, 5.41) is 6.67. The monoisotopic (exact) mass is 464 g/mol. The van der Waals surface area contributed by atoms with E-state index in [9.17, 15) is 13.8 Å². The van der Waals surface area contributed by atoms with Crippen molar-refractivity contribution in [2.24, 2.45) is 11.7 Å². The number of carbonyl (C=O) groups excluding carboxylic acids is 2. The molecule has 9 heteroatoms. The number of rotatable bonds is 9. The van der Waals surface area contributed by atoms with Crippen molar-refractivity contribution in [2.75, 3.05) is 26.2 Å². The number of carbonyl (C=O) groups is 2. The molecule has 8 nitrogen and oxygen atoms in total.